The Kier molecular flexibility index (Phi) is 2.87. The average Bonchev–Trinajstić information content (AvgIpc) is 2.16. The molecule has 0 spiro atoms. The van der Waals surface area contributed by atoms with Crippen molar-refractivity contribution in [1.82, 2.24) is 0 Å². The SMILES string of the molecule is C=Cc1c(C)cc(O)c(C=O)c1C=C. The highest BCUT2D eigenvalue weighted by Crippen LogP contribution is 2.28. The predicted octanol–water partition coefficient (Wildman–Crippen LogP) is 2.80. The fourth-order valence-corrected chi connectivity index (χ4v) is 1.47. The largest absolute Gasteiger partial charge is 0.507 e. The van der Waals surface area contributed by atoms with Crippen LogP contribution in [0.4, 0.5) is 0 Å². The summed E-state index contributed by atoms with van der Waals surface area (Å²) in [5.41, 5.74) is 2.60. The highest BCUT2D eigenvalue weighted by molar-refractivity contribution is 5.89. The summed E-state index contributed by atoms with van der Waals surface area (Å²) in [6.45, 7) is 9.12. The molecule has 1 rings (SSSR count). The summed E-state index contributed by atoms with van der Waals surface area (Å²) in [7, 11) is 0. The van der Waals surface area contributed by atoms with Crippen molar-refractivity contribution in [3.63, 3.8) is 0 Å². The number of phenolic OH excluding ortho intramolecular Hbond substituents is 1. The van der Waals surface area contributed by atoms with Gasteiger partial charge in [0.15, 0.2) is 6.29 Å². The van der Waals surface area contributed by atoms with Gasteiger partial charge >= 0.3 is 0 Å². The van der Waals surface area contributed by atoms with Crippen LogP contribution < -0.4 is 0 Å². The maximum absolute atomic E-state index is 10.7. The van der Waals surface area contributed by atoms with Gasteiger partial charge in [0.05, 0.1) is 5.56 Å². The monoisotopic (exact) mass is 188 g/mol. The Labute approximate surface area is 83.2 Å². The zero-order valence-corrected chi connectivity index (χ0v) is 8.08. The Morgan fingerprint density at radius 3 is 2.21 bits per heavy atom. The van der Waals surface area contributed by atoms with Gasteiger partial charge in [-0.05, 0) is 29.7 Å². The molecule has 0 aromatic heterocycles. The molecule has 1 N–H and O–H groups in total. The number of carbonyl (C=O) groups excluding carboxylic acids is 1. The summed E-state index contributed by atoms with van der Waals surface area (Å²) < 4.78 is 0. The van der Waals surface area contributed by atoms with Crippen LogP contribution in [0.1, 0.15) is 27.0 Å². The lowest BCUT2D eigenvalue weighted by Crippen LogP contribution is -1.94. The van der Waals surface area contributed by atoms with E-state index in [0.717, 1.165) is 11.1 Å². The third-order valence-corrected chi connectivity index (χ3v) is 2.16. The molecule has 0 heterocycles. The molecule has 0 aliphatic heterocycles. The number of benzene rings is 1. The standard InChI is InChI=1S/C12H12O2/c1-4-9-8(3)6-12(14)11(7-13)10(9)5-2/h4-7,14H,1-2H2,3H3. The normalized spacial score (nSPS) is 9.50. The minimum absolute atomic E-state index is 0.0157. The molecule has 0 aliphatic rings. The average molecular weight is 188 g/mol. The second-order valence-electron chi connectivity index (χ2n) is 2.98. The minimum Gasteiger partial charge on any atom is -0.507 e. The molecule has 14 heavy (non-hydrogen) atoms. The molecule has 0 aliphatic carbocycles. The first-order chi connectivity index (χ1) is 6.65. The van der Waals surface area contributed by atoms with E-state index in [1.54, 1.807) is 18.2 Å². The zero-order chi connectivity index (χ0) is 10.7. The van der Waals surface area contributed by atoms with Crippen molar-refractivity contribution in [3.8, 4) is 5.75 Å². The van der Waals surface area contributed by atoms with Gasteiger partial charge in [-0.1, -0.05) is 25.3 Å². The van der Waals surface area contributed by atoms with E-state index in [0.29, 0.717) is 11.8 Å². The van der Waals surface area contributed by atoms with Crippen LogP contribution in [0.15, 0.2) is 19.2 Å². The molecule has 0 saturated heterocycles. The van der Waals surface area contributed by atoms with Gasteiger partial charge in [0, 0.05) is 0 Å². The van der Waals surface area contributed by atoms with Crippen LogP contribution >= 0.6 is 0 Å². The predicted molar refractivity (Wildman–Crippen MR) is 58.4 cm³/mol. The van der Waals surface area contributed by atoms with Gasteiger partial charge in [-0.25, -0.2) is 0 Å². The van der Waals surface area contributed by atoms with Gasteiger partial charge in [0.1, 0.15) is 5.75 Å². The highest BCUT2D eigenvalue weighted by atomic mass is 16.3. The summed E-state index contributed by atoms with van der Waals surface area (Å²) in [6, 6.07) is 1.55. The van der Waals surface area contributed by atoms with Gasteiger partial charge in [-0.3, -0.25) is 4.79 Å². The van der Waals surface area contributed by atoms with Crippen LogP contribution in [-0.4, -0.2) is 11.4 Å². The Bertz CT molecular complexity index is 371. The number of hydrogen-bond donors (Lipinski definition) is 1. The Balaban J connectivity index is 3.67. The summed E-state index contributed by atoms with van der Waals surface area (Å²) >= 11 is 0. The summed E-state index contributed by atoms with van der Waals surface area (Å²) in [6.07, 6.45) is 3.82. The summed E-state index contributed by atoms with van der Waals surface area (Å²) in [5.74, 6) is -0.0157. The molecule has 0 amide bonds. The quantitative estimate of drug-likeness (QED) is 0.740. The zero-order valence-electron chi connectivity index (χ0n) is 8.08. The number of aryl methyl sites for hydroxylation is 1. The van der Waals surface area contributed by atoms with E-state index in [-0.39, 0.29) is 11.3 Å². The molecule has 2 nitrogen and oxygen atoms in total. The minimum atomic E-state index is -0.0157. The molecule has 1 aromatic carbocycles. The number of aromatic hydroxyl groups is 1. The molecule has 2 heteroatoms. The van der Waals surface area contributed by atoms with Gasteiger partial charge < -0.3 is 5.11 Å². The first kappa shape index (κ1) is 10.3. The lowest BCUT2D eigenvalue weighted by molar-refractivity contribution is 0.112. The molecular weight excluding hydrogens is 176 g/mol. The number of rotatable bonds is 3. The number of hydrogen-bond acceptors (Lipinski definition) is 2. The van der Waals surface area contributed by atoms with Crippen molar-refractivity contribution in [1.29, 1.82) is 0 Å². The molecule has 0 radical (unpaired) electrons. The molecule has 0 bridgehead atoms. The first-order valence-electron chi connectivity index (χ1n) is 4.22. The third kappa shape index (κ3) is 1.46. The Morgan fingerprint density at radius 1 is 1.21 bits per heavy atom. The van der Waals surface area contributed by atoms with E-state index in [4.69, 9.17) is 0 Å². The Morgan fingerprint density at radius 2 is 1.79 bits per heavy atom. The molecule has 0 fully saturated rings. The fraction of sp³-hybridized carbons (Fsp3) is 0.0833. The smallest absolute Gasteiger partial charge is 0.154 e. The lowest BCUT2D eigenvalue weighted by atomic mass is 9.96. The van der Waals surface area contributed by atoms with Gasteiger partial charge in [0.2, 0.25) is 0 Å². The highest BCUT2D eigenvalue weighted by Gasteiger charge is 2.10. The topological polar surface area (TPSA) is 37.3 Å². The van der Waals surface area contributed by atoms with Gasteiger partial charge in [-0.15, -0.1) is 0 Å². The summed E-state index contributed by atoms with van der Waals surface area (Å²) in [5, 5.41) is 9.51. The van der Waals surface area contributed by atoms with Crippen molar-refractivity contribution < 1.29 is 9.90 Å². The van der Waals surface area contributed by atoms with Crippen LogP contribution in [-0.2, 0) is 0 Å². The summed E-state index contributed by atoms with van der Waals surface area (Å²) in [4.78, 5) is 10.7. The lowest BCUT2D eigenvalue weighted by Gasteiger charge is -2.09. The van der Waals surface area contributed by atoms with E-state index >= 15 is 0 Å². The third-order valence-electron chi connectivity index (χ3n) is 2.16. The van der Waals surface area contributed by atoms with Gasteiger partial charge in [0.25, 0.3) is 0 Å². The van der Waals surface area contributed by atoms with E-state index < -0.39 is 0 Å². The second kappa shape index (κ2) is 3.92. The fourth-order valence-electron chi connectivity index (χ4n) is 1.47. The number of aldehydes is 1. The van der Waals surface area contributed by atoms with Crippen LogP contribution in [0.2, 0.25) is 0 Å². The van der Waals surface area contributed by atoms with Crippen molar-refractivity contribution in [2.24, 2.45) is 0 Å². The van der Waals surface area contributed by atoms with Crippen molar-refractivity contribution in [2.45, 2.75) is 6.92 Å². The molecule has 0 saturated carbocycles. The molecule has 0 atom stereocenters. The molecule has 0 unspecified atom stereocenters. The van der Waals surface area contributed by atoms with E-state index in [1.807, 2.05) is 6.92 Å². The van der Waals surface area contributed by atoms with Gasteiger partial charge in [-0.2, -0.15) is 0 Å². The van der Waals surface area contributed by atoms with Crippen molar-refractivity contribution in [3.05, 3.63) is 41.5 Å². The van der Waals surface area contributed by atoms with E-state index in [9.17, 15) is 9.90 Å². The number of phenols is 1. The van der Waals surface area contributed by atoms with Crippen LogP contribution in [0.3, 0.4) is 0 Å². The molecule has 72 valence electrons. The van der Waals surface area contributed by atoms with Crippen LogP contribution in [0, 0.1) is 6.92 Å². The number of carbonyl (C=O) groups is 1. The van der Waals surface area contributed by atoms with Crippen molar-refractivity contribution >= 4 is 18.4 Å². The maximum atomic E-state index is 10.7. The van der Waals surface area contributed by atoms with E-state index in [1.165, 1.54) is 0 Å². The second-order valence-corrected chi connectivity index (χ2v) is 2.98. The van der Waals surface area contributed by atoms with E-state index in [2.05, 4.69) is 13.2 Å². The first-order valence-corrected chi connectivity index (χ1v) is 4.22. The molecular formula is C12H12O2. The van der Waals surface area contributed by atoms with Crippen LogP contribution in [0.25, 0.3) is 12.2 Å². The van der Waals surface area contributed by atoms with Crippen LogP contribution in [0.5, 0.6) is 5.75 Å². The maximum Gasteiger partial charge on any atom is 0.154 e. The molecule has 1 aromatic rings. The Hall–Kier alpha value is -1.83. The van der Waals surface area contributed by atoms with Crippen molar-refractivity contribution in [2.75, 3.05) is 0 Å².